The summed E-state index contributed by atoms with van der Waals surface area (Å²) >= 11 is 0. The number of amides is 2. The van der Waals surface area contributed by atoms with E-state index >= 15 is 0 Å². The molecule has 1 saturated heterocycles. The van der Waals surface area contributed by atoms with Crippen LogP contribution in [0.3, 0.4) is 0 Å². The number of hydrogen-bond donors (Lipinski definition) is 1. The first-order valence-electron chi connectivity index (χ1n) is 10.1. The summed E-state index contributed by atoms with van der Waals surface area (Å²) in [6, 6.07) is 9.92. The Balaban J connectivity index is 1.52. The molecule has 31 heavy (non-hydrogen) atoms. The lowest BCUT2D eigenvalue weighted by molar-refractivity contribution is -0.119. The molecule has 160 valence electrons. The molecule has 1 N–H and O–H groups in total. The van der Waals surface area contributed by atoms with Crippen LogP contribution in [0.2, 0.25) is 0 Å². The normalized spacial score (nSPS) is 15.8. The Kier molecular flexibility index (Phi) is 5.46. The summed E-state index contributed by atoms with van der Waals surface area (Å²) in [5, 5.41) is 2.69. The van der Waals surface area contributed by atoms with Gasteiger partial charge >= 0.3 is 6.09 Å². The minimum absolute atomic E-state index is 0.145. The Bertz CT molecular complexity index is 1140. The van der Waals surface area contributed by atoms with Gasteiger partial charge in [0.15, 0.2) is 0 Å². The second-order valence-electron chi connectivity index (χ2n) is 7.76. The number of cyclic esters (lactones) is 1. The summed E-state index contributed by atoms with van der Waals surface area (Å²) in [5.41, 5.74) is 4.71. The largest absolute Gasteiger partial charge is 0.442 e. The molecular weight excluding hydrogens is 394 g/mol. The molecule has 1 aromatic carbocycles. The SMILES string of the molecule is CC(=O)NC[C@H]1CN(c2ccc(-c3ccc(-n4cc(C)nc4C)nc3)cc2C)C(=O)O1. The van der Waals surface area contributed by atoms with Crippen LogP contribution in [0.15, 0.2) is 42.7 Å². The van der Waals surface area contributed by atoms with Crippen molar-refractivity contribution in [2.45, 2.75) is 33.8 Å². The van der Waals surface area contributed by atoms with Crippen molar-refractivity contribution in [2.75, 3.05) is 18.0 Å². The maximum absolute atomic E-state index is 12.3. The van der Waals surface area contributed by atoms with Crippen LogP contribution in [0.25, 0.3) is 16.9 Å². The third-order valence-corrected chi connectivity index (χ3v) is 5.27. The van der Waals surface area contributed by atoms with Gasteiger partial charge in [-0.05, 0) is 56.2 Å². The number of nitrogens with one attached hydrogen (secondary N) is 1. The minimum atomic E-state index is -0.400. The van der Waals surface area contributed by atoms with Crippen LogP contribution < -0.4 is 10.2 Å². The quantitative estimate of drug-likeness (QED) is 0.685. The molecule has 3 heterocycles. The van der Waals surface area contributed by atoms with Crippen LogP contribution in [-0.4, -0.2) is 45.7 Å². The van der Waals surface area contributed by atoms with Gasteiger partial charge in [-0.15, -0.1) is 0 Å². The summed E-state index contributed by atoms with van der Waals surface area (Å²) in [7, 11) is 0. The summed E-state index contributed by atoms with van der Waals surface area (Å²) in [5.74, 6) is 1.57. The van der Waals surface area contributed by atoms with Crippen molar-refractivity contribution in [3.8, 4) is 16.9 Å². The highest BCUT2D eigenvalue weighted by atomic mass is 16.6. The summed E-state index contributed by atoms with van der Waals surface area (Å²) in [4.78, 5) is 34.0. The van der Waals surface area contributed by atoms with Crippen LogP contribution in [0, 0.1) is 20.8 Å². The van der Waals surface area contributed by atoms with E-state index in [0.717, 1.165) is 39.7 Å². The van der Waals surface area contributed by atoms with Gasteiger partial charge in [0.05, 0.1) is 24.5 Å². The number of aromatic nitrogens is 3. The predicted octanol–water partition coefficient (Wildman–Crippen LogP) is 3.32. The highest BCUT2D eigenvalue weighted by Crippen LogP contribution is 2.30. The Hall–Kier alpha value is -3.68. The van der Waals surface area contributed by atoms with Gasteiger partial charge in [0.2, 0.25) is 5.91 Å². The maximum atomic E-state index is 12.3. The molecule has 1 aliphatic heterocycles. The zero-order valence-electron chi connectivity index (χ0n) is 18.0. The van der Waals surface area contributed by atoms with Gasteiger partial charge in [-0.25, -0.2) is 14.8 Å². The molecule has 8 heteroatoms. The number of benzene rings is 1. The number of anilines is 1. The average molecular weight is 419 g/mol. The van der Waals surface area contributed by atoms with Gasteiger partial charge in [0, 0.05) is 24.9 Å². The lowest BCUT2D eigenvalue weighted by Gasteiger charge is -2.17. The maximum Gasteiger partial charge on any atom is 0.414 e. The molecule has 8 nitrogen and oxygen atoms in total. The number of aryl methyl sites for hydroxylation is 3. The highest BCUT2D eigenvalue weighted by molar-refractivity contribution is 5.91. The minimum Gasteiger partial charge on any atom is -0.442 e. The number of hydrogen-bond acceptors (Lipinski definition) is 5. The van der Waals surface area contributed by atoms with E-state index in [-0.39, 0.29) is 12.0 Å². The molecule has 0 unspecified atom stereocenters. The highest BCUT2D eigenvalue weighted by Gasteiger charge is 2.33. The monoisotopic (exact) mass is 419 g/mol. The third kappa shape index (κ3) is 4.28. The van der Waals surface area contributed by atoms with Gasteiger partial charge in [-0.2, -0.15) is 0 Å². The van der Waals surface area contributed by atoms with Crippen molar-refractivity contribution in [2.24, 2.45) is 0 Å². The summed E-state index contributed by atoms with van der Waals surface area (Å²) in [6.07, 6.45) is 3.04. The Morgan fingerprint density at radius 3 is 2.58 bits per heavy atom. The fourth-order valence-corrected chi connectivity index (χ4v) is 3.77. The molecule has 0 spiro atoms. The molecule has 0 radical (unpaired) electrons. The predicted molar refractivity (Wildman–Crippen MR) is 117 cm³/mol. The Morgan fingerprint density at radius 2 is 1.97 bits per heavy atom. The van der Waals surface area contributed by atoms with Gasteiger partial charge in [0.25, 0.3) is 0 Å². The first-order chi connectivity index (χ1) is 14.8. The summed E-state index contributed by atoms with van der Waals surface area (Å²) < 4.78 is 7.33. The lowest BCUT2D eigenvalue weighted by Crippen LogP contribution is -2.33. The van der Waals surface area contributed by atoms with Crippen LogP contribution in [-0.2, 0) is 9.53 Å². The van der Waals surface area contributed by atoms with E-state index in [1.807, 2.05) is 68.1 Å². The Labute approximate surface area is 180 Å². The number of pyridine rings is 1. The van der Waals surface area contributed by atoms with Crippen molar-refractivity contribution in [3.05, 3.63) is 59.8 Å². The summed E-state index contributed by atoms with van der Waals surface area (Å²) in [6.45, 7) is 8.03. The zero-order chi connectivity index (χ0) is 22.1. The fraction of sp³-hybridized carbons (Fsp3) is 0.304. The second kappa shape index (κ2) is 8.22. The van der Waals surface area contributed by atoms with Crippen LogP contribution in [0.5, 0.6) is 0 Å². The lowest BCUT2D eigenvalue weighted by atomic mass is 10.0. The zero-order valence-corrected chi connectivity index (χ0v) is 18.0. The molecule has 0 bridgehead atoms. The topological polar surface area (TPSA) is 89.4 Å². The van der Waals surface area contributed by atoms with Crippen LogP contribution >= 0.6 is 0 Å². The molecule has 2 amide bonds. The number of imidazole rings is 1. The van der Waals surface area contributed by atoms with E-state index in [1.54, 1.807) is 4.90 Å². The van der Waals surface area contributed by atoms with Gasteiger partial charge < -0.3 is 10.1 Å². The molecule has 1 fully saturated rings. The number of rotatable bonds is 5. The number of carbonyl (C=O) groups is 2. The van der Waals surface area contributed by atoms with E-state index < -0.39 is 6.09 Å². The molecule has 1 atom stereocenters. The molecule has 4 rings (SSSR count). The van der Waals surface area contributed by atoms with E-state index in [9.17, 15) is 9.59 Å². The van der Waals surface area contributed by atoms with Crippen molar-refractivity contribution >= 4 is 17.7 Å². The molecule has 2 aromatic heterocycles. The van der Waals surface area contributed by atoms with E-state index in [0.29, 0.717) is 13.1 Å². The molecule has 0 saturated carbocycles. The van der Waals surface area contributed by atoms with E-state index in [1.165, 1.54) is 6.92 Å². The smallest absolute Gasteiger partial charge is 0.414 e. The fourth-order valence-electron chi connectivity index (χ4n) is 3.77. The van der Waals surface area contributed by atoms with Crippen molar-refractivity contribution < 1.29 is 14.3 Å². The van der Waals surface area contributed by atoms with Gasteiger partial charge in [-0.1, -0.05) is 6.07 Å². The molecule has 3 aromatic rings. The third-order valence-electron chi connectivity index (χ3n) is 5.27. The van der Waals surface area contributed by atoms with Crippen molar-refractivity contribution in [1.29, 1.82) is 0 Å². The van der Waals surface area contributed by atoms with Crippen molar-refractivity contribution in [1.82, 2.24) is 19.9 Å². The van der Waals surface area contributed by atoms with Crippen molar-refractivity contribution in [3.63, 3.8) is 0 Å². The second-order valence-corrected chi connectivity index (χ2v) is 7.76. The number of carbonyl (C=O) groups excluding carboxylic acids is 2. The molecule has 1 aliphatic rings. The van der Waals surface area contributed by atoms with Crippen LogP contribution in [0.4, 0.5) is 10.5 Å². The standard InChI is InChI=1S/C23H25N5O3/c1-14-9-18(19-6-8-22(25-10-19)27-12-15(2)26-16(27)3)5-7-21(14)28-13-20(31-23(28)30)11-24-17(4)29/h5-10,12,20H,11,13H2,1-4H3,(H,24,29)/t20-/m0/s1. The van der Waals surface area contributed by atoms with Crippen LogP contribution in [0.1, 0.15) is 24.0 Å². The number of ether oxygens (including phenoxy) is 1. The first-order valence-corrected chi connectivity index (χ1v) is 10.1. The van der Waals surface area contributed by atoms with Gasteiger partial charge in [-0.3, -0.25) is 14.3 Å². The average Bonchev–Trinajstić information content (AvgIpc) is 3.27. The number of nitrogens with zero attached hydrogens (tertiary/aromatic N) is 4. The molecular formula is C23H25N5O3. The van der Waals surface area contributed by atoms with Gasteiger partial charge in [0.1, 0.15) is 17.7 Å². The van der Waals surface area contributed by atoms with E-state index in [2.05, 4.69) is 15.3 Å². The Morgan fingerprint density at radius 1 is 1.19 bits per heavy atom. The first kappa shape index (κ1) is 20.6. The van der Waals surface area contributed by atoms with E-state index in [4.69, 9.17) is 4.74 Å². The molecule has 0 aliphatic carbocycles.